The predicted octanol–water partition coefficient (Wildman–Crippen LogP) is 3.66. The normalized spacial score (nSPS) is 17.0. The Bertz CT molecular complexity index is 439. The van der Waals surface area contributed by atoms with E-state index in [9.17, 15) is 5.26 Å². The van der Waals surface area contributed by atoms with E-state index in [1.54, 1.807) is 0 Å². The summed E-state index contributed by atoms with van der Waals surface area (Å²) in [5, 5.41) is 12.7. The molecule has 0 unspecified atom stereocenters. The zero-order valence-corrected chi connectivity index (χ0v) is 10.7. The van der Waals surface area contributed by atoms with Crippen LogP contribution in [0.25, 0.3) is 0 Å². The SMILES string of the molecule is CCc1cccc(C)c1NCC1(C#N)CCC1. The molecule has 0 radical (unpaired) electrons. The monoisotopic (exact) mass is 228 g/mol. The van der Waals surface area contributed by atoms with Gasteiger partial charge < -0.3 is 5.32 Å². The molecule has 1 N–H and O–H groups in total. The third-order valence-electron chi connectivity index (χ3n) is 3.89. The number of benzene rings is 1. The average molecular weight is 228 g/mol. The van der Waals surface area contributed by atoms with Crippen molar-refractivity contribution in [2.75, 3.05) is 11.9 Å². The standard InChI is InChI=1S/C15H20N2/c1-3-13-7-4-6-12(2)14(13)17-11-15(10-16)8-5-9-15/h4,6-7,17H,3,5,8-9,11H2,1-2H3. The number of nitriles is 1. The highest BCUT2D eigenvalue weighted by Crippen LogP contribution is 2.40. The molecule has 0 bridgehead atoms. The van der Waals surface area contributed by atoms with Crippen LogP contribution in [0.3, 0.4) is 0 Å². The molecule has 0 heterocycles. The molecule has 0 amide bonds. The number of hydrogen-bond donors (Lipinski definition) is 1. The Balaban J connectivity index is 2.11. The summed E-state index contributed by atoms with van der Waals surface area (Å²) < 4.78 is 0. The number of rotatable bonds is 4. The second kappa shape index (κ2) is 4.79. The summed E-state index contributed by atoms with van der Waals surface area (Å²) in [7, 11) is 0. The molecule has 2 heteroatoms. The second-order valence-corrected chi connectivity index (χ2v) is 5.06. The fourth-order valence-corrected chi connectivity index (χ4v) is 2.47. The van der Waals surface area contributed by atoms with E-state index in [-0.39, 0.29) is 5.41 Å². The minimum Gasteiger partial charge on any atom is -0.383 e. The lowest BCUT2D eigenvalue weighted by Crippen LogP contribution is -2.35. The molecule has 0 spiro atoms. The summed E-state index contributed by atoms with van der Waals surface area (Å²) in [6.07, 6.45) is 4.32. The Kier molecular flexibility index (Phi) is 3.38. The Morgan fingerprint density at radius 1 is 1.41 bits per heavy atom. The van der Waals surface area contributed by atoms with Crippen LogP contribution in [0.4, 0.5) is 5.69 Å². The molecule has 2 nitrogen and oxygen atoms in total. The number of nitrogens with one attached hydrogen (secondary N) is 1. The first-order valence-electron chi connectivity index (χ1n) is 6.44. The summed E-state index contributed by atoms with van der Waals surface area (Å²) >= 11 is 0. The first kappa shape index (κ1) is 12.0. The van der Waals surface area contributed by atoms with Crippen LogP contribution in [0.15, 0.2) is 18.2 Å². The molecule has 1 aromatic carbocycles. The minimum atomic E-state index is -0.104. The van der Waals surface area contributed by atoms with Gasteiger partial charge in [-0.1, -0.05) is 31.5 Å². The van der Waals surface area contributed by atoms with Crippen LogP contribution in [-0.4, -0.2) is 6.54 Å². The van der Waals surface area contributed by atoms with Gasteiger partial charge in [0.2, 0.25) is 0 Å². The minimum absolute atomic E-state index is 0.104. The van der Waals surface area contributed by atoms with Crippen molar-refractivity contribution >= 4 is 5.69 Å². The van der Waals surface area contributed by atoms with Crippen molar-refractivity contribution in [3.63, 3.8) is 0 Å². The first-order chi connectivity index (χ1) is 8.21. The van der Waals surface area contributed by atoms with Gasteiger partial charge in [0.1, 0.15) is 0 Å². The van der Waals surface area contributed by atoms with Crippen molar-refractivity contribution in [2.45, 2.75) is 39.5 Å². The molecular weight excluding hydrogens is 208 g/mol. The quantitative estimate of drug-likeness (QED) is 0.853. The smallest absolute Gasteiger partial charge is 0.0746 e. The number of nitrogens with zero attached hydrogens (tertiary/aromatic N) is 1. The molecule has 0 aliphatic heterocycles. The third kappa shape index (κ3) is 2.29. The van der Waals surface area contributed by atoms with Crippen molar-refractivity contribution in [3.8, 4) is 6.07 Å². The number of aryl methyl sites for hydroxylation is 2. The van der Waals surface area contributed by atoms with Gasteiger partial charge in [-0.05, 0) is 37.3 Å². The molecule has 1 aromatic rings. The maximum absolute atomic E-state index is 9.22. The molecule has 90 valence electrons. The number of hydrogen-bond acceptors (Lipinski definition) is 2. The van der Waals surface area contributed by atoms with Gasteiger partial charge in [-0.15, -0.1) is 0 Å². The van der Waals surface area contributed by atoms with E-state index in [2.05, 4.69) is 43.4 Å². The highest BCUT2D eigenvalue weighted by atomic mass is 14.9. The highest BCUT2D eigenvalue weighted by Gasteiger charge is 2.37. The maximum Gasteiger partial charge on any atom is 0.0746 e. The van der Waals surface area contributed by atoms with Gasteiger partial charge >= 0.3 is 0 Å². The van der Waals surface area contributed by atoms with E-state index < -0.39 is 0 Å². The zero-order valence-electron chi connectivity index (χ0n) is 10.7. The molecular formula is C15H20N2. The van der Waals surface area contributed by atoms with E-state index in [1.165, 1.54) is 23.2 Å². The van der Waals surface area contributed by atoms with Gasteiger partial charge in [0.05, 0.1) is 11.5 Å². The predicted molar refractivity (Wildman–Crippen MR) is 70.9 cm³/mol. The Morgan fingerprint density at radius 3 is 2.71 bits per heavy atom. The van der Waals surface area contributed by atoms with Crippen LogP contribution < -0.4 is 5.32 Å². The van der Waals surface area contributed by atoms with Crippen molar-refractivity contribution < 1.29 is 0 Å². The van der Waals surface area contributed by atoms with Crippen molar-refractivity contribution in [1.29, 1.82) is 5.26 Å². The fourth-order valence-electron chi connectivity index (χ4n) is 2.47. The first-order valence-corrected chi connectivity index (χ1v) is 6.44. The summed E-state index contributed by atoms with van der Waals surface area (Å²) in [6.45, 7) is 5.09. The van der Waals surface area contributed by atoms with Gasteiger partial charge in [-0.2, -0.15) is 5.26 Å². The molecule has 1 aliphatic rings. The Morgan fingerprint density at radius 2 is 2.18 bits per heavy atom. The molecule has 1 fully saturated rings. The van der Waals surface area contributed by atoms with E-state index in [4.69, 9.17) is 0 Å². The molecule has 17 heavy (non-hydrogen) atoms. The van der Waals surface area contributed by atoms with Crippen LogP contribution in [0.5, 0.6) is 0 Å². The highest BCUT2D eigenvalue weighted by molar-refractivity contribution is 5.57. The number of para-hydroxylation sites is 1. The Hall–Kier alpha value is -1.49. The van der Waals surface area contributed by atoms with Gasteiger partial charge in [0, 0.05) is 12.2 Å². The fraction of sp³-hybridized carbons (Fsp3) is 0.533. The van der Waals surface area contributed by atoms with E-state index in [1.807, 2.05) is 0 Å². The lowest BCUT2D eigenvalue weighted by molar-refractivity contribution is 0.233. The summed E-state index contributed by atoms with van der Waals surface area (Å²) in [6, 6.07) is 8.87. The zero-order chi connectivity index (χ0) is 12.3. The summed E-state index contributed by atoms with van der Waals surface area (Å²) in [5.74, 6) is 0. The van der Waals surface area contributed by atoms with E-state index >= 15 is 0 Å². The second-order valence-electron chi connectivity index (χ2n) is 5.06. The molecule has 0 saturated heterocycles. The summed E-state index contributed by atoms with van der Waals surface area (Å²) in [5.41, 5.74) is 3.75. The van der Waals surface area contributed by atoms with Crippen LogP contribution in [0.2, 0.25) is 0 Å². The average Bonchev–Trinajstić information content (AvgIpc) is 2.29. The van der Waals surface area contributed by atoms with E-state index in [0.29, 0.717) is 0 Å². The van der Waals surface area contributed by atoms with Crippen molar-refractivity contribution in [3.05, 3.63) is 29.3 Å². The Labute approximate surface area is 104 Å². The lowest BCUT2D eigenvalue weighted by atomic mass is 9.70. The van der Waals surface area contributed by atoms with Crippen LogP contribution >= 0.6 is 0 Å². The molecule has 2 rings (SSSR count). The van der Waals surface area contributed by atoms with Crippen molar-refractivity contribution in [2.24, 2.45) is 5.41 Å². The maximum atomic E-state index is 9.22. The largest absolute Gasteiger partial charge is 0.383 e. The van der Waals surface area contributed by atoms with Crippen LogP contribution in [0.1, 0.15) is 37.3 Å². The van der Waals surface area contributed by atoms with Crippen LogP contribution in [0, 0.1) is 23.7 Å². The molecule has 0 atom stereocenters. The molecule has 1 aliphatic carbocycles. The third-order valence-corrected chi connectivity index (χ3v) is 3.89. The van der Waals surface area contributed by atoms with E-state index in [0.717, 1.165) is 25.8 Å². The van der Waals surface area contributed by atoms with Crippen LogP contribution in [-0.2, 0) is 6.42 Å². The summed E-state index contributed by atoms with van der Waals surface area (Å²) in [4.78, 5) is 0. The van der Waals surface area contributed by atoms with Crippen molar-refractivity contribution in [1.82, 2.24) is 0 Å². The van der Waals surface area contributed by atoms with Gasteiger partial charge in [0.15, 0.2) is 0 Å². The van der Waals surface area contributed by atoms with Gasteiger partial charge in [-0.3, -0.25) is 0 Å². The lowest BCUT2D eigenvalue weighted by Gasteiger charge is -2.35. The molecule has 1 saturated carbocycles. The van der Waals surface area contributed by atoms with Gasteiger partial charge in [-0.25, -0.2) is 0 Å². The topological polar surface area (TPSA) is 35.8 Å². The molecule has 0 aromatic heterocycles. The van der Waals surface area contributed by atoms with Gasteiger partial charge in [0.25, 0.3) is 0 Å². The number of anilines is 1.